The van der Waals surface area contributed by atoms with Crippen LogP contribution >= 0.6 is 0 Å². The van der Waals surface area contributed by atoms with Crippen molar-refractivity contribution >= 4 is 0 Å². The van der Waals surface area contributed by atoms with Crippen LogP contribution in [0.5, 0.6) is 11.5 Å². The minimum absolute atomic E-state index is 0.0475. The normalized spacial score (nSPS) is 21.9. The molecule has 0 fully saturated rings. The molecule has 1 unspecified atom stereocenters. The average molecular weight is 458 g/mol. The van der Waals surface area contributed by atoms with Gasteiger partial charge in [-0.15, -0.1) is 0 Å². The van der Waals surface area contributed by atoms with Gasteiger partial charge in [0.2, 0.25) is 0 Å². The number of unbranched alkanes of at least 4 members (excludes halogenated alkanes) is 1. The maximum Gasteiger partial charge on any atom is 0.127 e. The number of nitriles is 1. The van der Waals surface area contributed by atoms with Crippen molar-refractivity contribution in [3.63, 3.8) is 0 Å². The Morgan fingerprint density at radius 2 is 1.91 bits per heavy atom. The summed E-state index contributed by atoms with van der Waals surface area (Å²) in [6, 6.07) is 16.7. The molecule has 2 aromatic rings. The molecule has 34 heavy (non-hydrogen) atoms. The Hall–Kier alpha value is -2.73. The van der Waals surface area contributed by atoms with Gasteiger partial charge >= 0.3 is 0 Å². The highest BCUT2D eigenvalue weighted by Crippen LogP contribution is 2.55. The van der Waals surface area contributed by atoms with Gasteiger partial charge in [0.1, 0.15) is 17.1 Å². The zero-order chi connectivity index (χ0) is 24.5. The third-order valence-corrected chi connectivity index (χ3v) is 8.19. The van der Waals surface area contributed by atoms with Crippen LogP contribution in [0.15, 0.2) is 54.1 Å². The Balaban J connectivity index is 1.47. The first-order valence-corrected chi connectivity index (χ1v) is 12.8. The summed E-state index contributed by atoms with van der Waals surface area (Å²) < 4.78 is 6.54. The summed E-state index contributed by atoms with van der Waals surface area (Å²) in [5.74, 6) is 1.88. The van der Waals surface area contributed by atoms with Crippen LogP contribution in [-0.4, -0.2) is 10.7 Å². The molecule has 0 saturated heterocycles. The molecular formula is C31H39NO2. The highest BCUT2D eigenvalue weighted by molar-refractivity contribution is 5.54. The van der Waals surface area contributed by atoms with Crippen molar-refractivity contribution in [2.75, 3.05) is 0 Å². The lowest BCUT2D eigenvalue weighted by Crippen LogP contribution is -2.45. The Bertz CT molecular complexity index is 1090. The van der Waals surface area contributed by atoms with Crippen molar-refractivity contribution < 1.29 is 9.84 Å². The fraction of sp³-hybridized carbons (Fsp3) is 0.516. The third-order valence-electron chi connectivity index (χ3n) is 8.19. The minimum atomic E-state index is -0.256. The molecule has 2 aromatic carbocycles. The number of phenolic OH excluding ortho intramolecular Hbond substituents is 1. The number of benzene rings is 2. The molecule has 180 valence electrons. The number of aromatic hydroxyl groups is 1. The largest absolute Gasteiger partial charge is 0.508 e. The number of allylic oxidation sites excluding steroid dienone is 2. The predicted octanol–water partition coefficient (Wildman–Crippen LogP) is 8.15. The first-order valence-electron chi connectivity index (χ1n) is 12.8. The summed E-state index contributed by atoms with van der Waals surface area (Å²) in [6.07, 6.45) is 8.24. The van der Waals surface area contributed by atoms with Crippen molar-refractivity contribution in [1.82, 2.24) is 0 Å². The lowest BCUT2D eigenvalue weighted by Gasteiger charge is -2.47. The number of hydrogen-bond donors (Lipinski definition) is 1. The summed E-state index contributed by atoms with van der Waals surface area (Å²) in [5.41, 5.74) is 4.29. The van der Waals surface area contributed by atoms with Crippen LogP contribution in [0.2, 0.25) is 0 Å². The van der Waals surface area contributed by atoms with E-state index in [-0.39, 0.29) is 16.9 Å². The van der Waals surface area contributed by atoms with E-state index in [4.69, 9.17) is 4.74 Å². The first-order chi connectivity index (χ1) is 16.1. The van der Waals surface area contributed by atoms with Crippen LogP contribution in [0.3, 0.4) is 0 Å². The van der Waals surface area contributed by atoms with Gasteiger partial charge in [-0.3, -0.25) is 0 Å². The molecule has 1 heterocycles. The van der Waals surface area contributed by atoms with E-state index in [2.05, 4.69) is 52.8 Å². The third kappa shape index (κ3) is 4.88. The standard InChI is InChI=1S/C31H39NO2/c1-21-14-15-26-25(17-21)29-27(33)18-24(19-28(29)34-31(26,4)5)30(2,3)16-10-9-13-23(20-32)22-11-7-6-8-12-22/h6-8,11-12,14,18-19,23,25-26,33H,9-10,13,15-17H2,1-5H3/t23?,25-,26-/m1/s1. The zero-order valence-electron chi connectivity index (χ0n) is 21.4. The van der Waals surface area contributed by atoms with Crippen molar-refractivity contribution in [2.45, 2.75) is 96.0 Å². The second kappa shape index (κ2) is 9.49. The molecule has 1 aliphatic heterocycles. The second-order valence-electron chi connectivity index (χ2n) is 11.5. The van der Waals surface area contributed by atoms with E-state index in [1.807, 2.05) is 36.4 Å². The molecule has 0 radical (unpaired) electrons. The number of ether oxygens (including phenoxy) is 1. The summed E-state index contributed by atoms with van der Waals surface area (Å²) in [6.45, 7) is 11.1. The molecule has 0 saturated carbocycles. The topological polar surface area (TPSA) is 53.2 Å². The van der Waals surface area contributed by atoms with Crippen molar-refractivity contribution in [1.29, 1.82) is 5.26 Å². The molecule has 3 atom stereocenters. The van der Waals surface area contributed by atoms with Gasteiger partial charge in [-0.2, -0.15) is 5.26 Å². The summed E-state index contributed by atoms with van der Waals surface area (Å²) in [7, 11) is 0. The van der Waals surface area contributed by atoms with Gasteiger partial charge in [-0.25, -0.2) is 0 Å². The number of phenols is 1. The molecule has 2 aliphatic rings. The van der Waals surface area contributed by atoms with Crippen LogP contribution in [-0.2, 0) is 5.41 Å². The molecule has 1 aliphatic carbocycles. The van der Waals surface area contributed by atoms with Crippen LogP contribution < -0.4 is 4.74 Å². The van der Waals surface area contributed by atoms with Crippen LogP contribution in [0, 0.1) is 17.2 Å². The quantitative estimate of drug-likeness (QED) is 0.337. The van der Waals surface area contributed by atoms with Gasteiger partial charge < -0.3 is 9.84 Å². The van der Waals surface area contributed by atoms with E-state index in [1.165, 1.54) is 5.57 Å². The summed E-state index contributed by atoms with van der Waals surface area (Å²) >= 11 is 0. The van der Waals surface area contributed by atoms with Crippen LogP contribution in [0.4, 0.5) is 0 Å². The van der Waals surface area contributed by atoms with Gasteiger partial charge in [0.15, 0.2) is 0 Å². The fourth-order valence-electron chi connectivity index (χ4n) is 6.01. The fourth-order valence-corrected chi connectivity index (χ4v) is 6.01. The van der Waals surface area contributed by atoms with Gasteiger partial charge in [-0.05, 0) is 75.1 Å². The van der Waals surface area contributed by atoms with E-state index < -0.39 is 0 Å². The maximum absolute atomic E-state index is 11.2. The lowest BCUT2D eigenvalue weighted by molar-refractivity contribution is 0.00741. The molecule has 0 amide bonds. The second-order valence-corrected chi connectivity index (χ2v) is 11.5. The summed E-state index contributed by atoms with van der Waals surface area (Å²) in [4.78, 5) is 0. The molecule has 0 bridgehead atoms. The Morgan fingerprint density at radius 1 is 1.18 bits per heavy atom. The lowest BCUT2D eigenvalue weighted by atomic mass is 9.66. The highest BCUT2D eigenvalue weighted by atomic mass is 16.5. The SMILES string of the molecule is CC1=CC[C@@H]2[C@@H](C1)c1c(O)cc(C(C)(C)CCCCC(C#N)c3ccccc3)cc1OC2(C)C. The maximum atomic E-state index is 11.2. The van der Waals surface area contributed by atoms with Crippen molar-refractivity contribution in [2.24, 2.45) is 5.92 Å². The minimum Gasteiger partial charge on any atom is -0.508 e. The molecular weight excluding hydrogens is 418 g/mol. The van der Waals surface area contributed by atoms with Crippen molar-refractivity contribution in [3.8, 4) is 17.6 Å². The van der Waals surface area contributed by atoms with Gasteiger partial charge in [0, 0.05) is 17.4 Å². The van der Waals surface area contributed by atoms with Crippen molar-refractivity contribution in [3.05, 3.63) is 70.8 Å². The van der Waals surface area contributed by atoms with Gasteiger partial charge in [-0.1, -0.05) is 68.7 Å². The summed E-state index contributed by atoms with van der Waals surface area (Å²) in [5, 5.41) is 20.8. The number of hydrogen-bond acceptors (Lipinski definition) is 3. The van der Waals surface area contributed by atoms with E-state index in [0.29, 0.717) is 17.6 Å². The zero-order valence-corrected chi connectivity index (χ0v) is 21.4. The molecule has 3 nitrogen and oxygen atoms in total. The van der Waals surface area contributed by atoms with Crippen LogP contribution in [0.25, 0.3) is 0 Å². The Kier molecular flexibility index (Phi) is 6.81. The first kappa shape index (κ1) is 24.4. The number of fused-ring (bicyclic) bond motifs is 3. The molecule has 4 rings (SSSR count). The Labute approximate surface area is 205 Å². The average Bonchev–Trinajstić information content (AvgIpc) is 2.78. The van der Waals surface area contributed by atoms with Gasteiger partial charge in [0.25, 0.3) is 0 Å². The molecule has 1 N–H and O–H groups in total. The molecule has 0 aromatic heterocycles. The van der Waals surface area contributed by atoms with E-state index >= 15 is 0 Å². The molecule has 0 spiro atoms. The number of nitrogens with zero attached hydrogens (tertiary/aromatic N) is 1. The van der Waals surface area contributed by atoms with Gasteiger partial charge in [0.05, 0.1) is 12.0 Å². The molecule has 3 heteroatoms. The smallest absolute Gasteiger partial charge is 0.127 e. The predicted molar refractivity (Wildman–Crippen MR) is 138 cm³/mol. The van der Waals surface area contributed by atoms with E-state index in [9.17, 15) is 10.4 Å². The van der Waals surface area contributed by atoms with E-state index in [0.717, 1.165) is 61.0 Å². The van der Waals surface area contributed by atoms with E-state index in [1.54, 1.807) is 0 Å². The Morgan fingerprint density at radius 3 is 2.62 bits per heavy atom. The highest BCUT2D eigenvalue weighted by Gasteiger charge is 2.46. The van der Waals surface area contributed by atoms with Crippen LogP contribution in [0.1, 0.15) is 102 Å². The monoisotopic (exact) mass is 457 g/mol. The number of rotatable bonds is 7.